The Bertz CT molecular complexity index is 1150. The van der Waals surface area contributed by atoms with Gasteiger partial charge < -0.3 is 14.4 Å². The fourth-order valence-electron chi connectivity index (χ4n) is 5.17. The molecule has 8 nitrogen and oxygen atoms in total. The van der Waals surface area contributed by atoms with Crippen LogP contribution in [0.4, 0.5) is 5.82 Å². The topological polar surface area (TPSA) is 68.5 Å². The van der Waals surface area contributed by atoms with Crippen molar-refractivity contribution in [3.05, 3.63) is 40.8 Å². The third-order valence-electron chi connectivity index (χ3n) is 7.16. The lowest BCUT2D eigenvalue weighted by Crippen LogP contribution is -2.51. The monoisotopic (exact) mass is 468 g/mol. The summed E-state index contributed by atoms with van der Waals surface area (Å²) < 4.78 is 12.8. The number of rotatable bonds is 4. The Morgan fingerprint density at radius 3 is 2.42 bits per heavy atom. The minimum Gasteiger partial charge on any atom is -0.378 e. The molecule has 0 aliphatic carbocycles. The highest BCUT2D eigenvalue weighted by Gasteiger charge is 2.31. The lowest BCUT2D eigenvalue weighted by Gasteiger charge is -2.41. The van der Waals surface area contributed by atoms with Gasteiger partial charge in [-0.2, -0.15) is 5.10 Å². The van der Waals surface area contributed by atoms with Crippen LogP contribution in [-0.2, 0) is 9.47 Å². The molecule has 2 aromatic heterocycles. The highest BCUT2D eigenvalue weighted by Crippen LogP contribution is 2.37. The predicted octanol–water partition coefficient (Wildman–Crippen LogP) is 3.19. The van der Waals surface area contributed by atoms with Gasteiger partial charge in [-0.3, -0.25) is 4.90 Å². The standard InChI is InChI=1S/C24H29ClN6O2/c1-16-27-23(30-6-8-32-9-7-30)12-24(28-16)31-22-11-20(21(25)10-18(22)13-26-31)17-2-4-29(5-3-17)19-14-33-15-19/h10-13,17,19H,2-9,14-15H2,1H3. The maximum atomic E-state index is 6.77. The Hall–Kier alpha value is -2.26. The molecule has 174 valence electrons. The summed E-state index contributed by atoms with van der Waals surface area (Å²) >= 11 is 6.77. The number of halogens is 1. The van der Waals surface area contributed by atoms with E-state index in [1.807, 2.05) is 23.9 Å². The van der Waals surface area contributed by atoms with E-state index in [4.69, 9.17) is 26.1 Å². The third-order valence-corrected chi connectivity index (χ3v) is 7.48. The van der Waals surface area contributed by atoms with Crippen molar-refractivity contribution in [1.82, 2.24) is 24.6 Å². The van der Waals surface area contributed by atoms with E-state index in [-0.39, 0.29) is 0 Å². The molecule has 0 saturated carbocycles. The summed E-state index contributed by atoms with van der Waals surface area (Å²) in [5.41, 5.74) is 2.25. The second-order valence-corrected chi connectivity index (χ2v) is 9.63. The highest BCUT2D eigenvalue weighted by molar-refractivity contribution is 6.32. The summed E-state index contributed by atoms with van der Waals surface area (Å²) in [5.74, 6) is 2.90. The van der Waals surface area contributed by atoms with E-state index < -0.39 is 0 Å². The summed E-state index contributed by atoms with van der Waals surface area (Å²) in [6.07, 6.45) is 4.10. The number of aromatic nitrogens is 4. The van der Waals surface area contributed by atoms with Crippen molar-refractivity contribution in [3.8, 4) is 5.82 Å². The van der Waals surface area contributed by atoms with E-state index in [0.717, 1.165) is 98.8 Å². The van der Waals surface area contributed by atoms with Gasteiger partial charge in [-0.25, -0.2) is 14.6 Å². The average Bonchev–Trinajstić information content (AvgIpc) is 3.21. The van der Waals surface area contributed by atoms with Crippen molar-refractivity contribution >= 4 is 28.3 Å². The van der Waals surface area contributed by atoms with E-state index in [9.17, 15) is 0 Å². The van der Waals surface area contributed by atoms with Crippen LogP contribution in [0.15, 0.2) is 24.4 Å². The van der Waals surface area contributed by atoms with E-state index in [1.54, 1.807) is 0 Å². The first-order valence-electron chi connectivity index (χ1n) is 11.8. The molecule has 9 heteroatoms. The molecule has 3 aliphatic rings. The van der Waals surface area contributed by atoms with Crippen molar-refractivity contribution in [2.75, 3.05) is 57.5 Å². The molecule has 6 rings (SSSR count). The van der Waals surface area contributed by atoms with Gasteiger partial charge in [-0.1, -0.05) is 11.6 Å². The summed E-state index contributed by atoms with van der Waals surface area (Å²) in [4.78, 5) is 14.2. The lowest BCUT2D eigenvalue weighted by molar-refractivity contribution is -0.0712. The molecule has 0 N–H and O–H groups in total. The van der Waals surface area contributed by atoms with Gasteiger partial charge in [0, 0.05) is 29.6 Å². The molecule has 0 amide bonds. The lowest BCUT2D eigenvalue weighted by atomic mass is 9.88. The molecule has 0 radical (unpaired) electrons. The van der Waals surface area contributed by atoms with E-state index in [2.05, 4.69) is 32.0 Å². The van der Waals surface area contributed by atoms with Gasteiger partial charge in [0.05, 0.1) is 44.2 Å². The van der Waals surface area contributed by atoms with Crippen molar-refractivity contribution in [3.63, 3.8) is 0 Å². The van der Waals surface area contributed by atoms with Gasteiger partial charge in [-0.15, -0.1) is 0 Å². The van der Waals surface area contributed by atoms with Crippen LogP contribution in [0, 0.1) is 6.92 Å². The summed E-state index contributed by atoms with van der Waals surface area (Å²) in [7, 11) is 0. The molecule has 3 aliphatic heterocycles. The first-order valence-corrected chi connectivity index (χ1v) is 12.2. The number of ether oxygens (including phenoxy) is 2. The van der Waals surface area contributed by atoms with Crippen LogP contribution in [0.25, 0.3) is 16.7 Å². The molecule has 1 aromatic carbocycles. The average molecular weight is 469 g/mol. The summed E-state index contributed by atoms with van der Waals surface area (Å²) in [6, 6.07) is 6.91. The molecule has 3 fully saturated rings. The summed E-state index contributed by atoms with van der Waals surface area (Å²) in [5, 5.41) is 6.54. The Balaban J connectivity index is 1.31. The van der Waals surface area contributed by atoms with Gasteiger partial charge in [0.1, 0.15) is 11.6 Å². The Labute approximate surface area is 198 Å². The number of benzene rings is 1. The number of fused-ring (bicyclic) bond motifs is 1. The first kappa shape index (κ1) is 21.3. The van der Waals surface area contributed by atoms with Gasteiger partial charge in [0.2, 0.25) is 0 Å². The van der Waals surface area contributed by atoms with E-state index in [1.165, 1.54) is 5.56 Å². The Kier molecular flexibility index (Phi) is 5.70. The van der Waals surface area contributed by atoms with Crippen LogP contribution in [-0.4, -0.2) is 83.3 Å². The third kappa shape index (κ3) is 4.10. The Morgan fingerprint density at radius 2 is 1.70 bits per heavy atom. The molecule has 3 saturated heterocycles. The maximum absolute atomic E-state index is 6.77. The number of morpholine rings is 1. The van der Waals surface area contributed by atoms with Gasteiger partial charge in [-0.05, 0) is 56.5 Å². The number of nitrogens with zero attached hydrogens (tertiary/aromatic N) is 6. The SMILES string of the molecule is Cc1nc(N2CCOCC2)cc(-n2ncc3cc(Cl)c(C4CCN(C5COC5)CC4)cc32)n1. The molecular weight excluding hydrogens is 440 g/mol. The van der Waals surface area contributed by atoms with Crippen molar-refractivity contribution in [2.45, 2.75) is 31.7 Å². The van der Waals surface area contributed by atoms with Crippen molar-refractivity contribution in [1.29, 1.82) is 0 Å². The normalized spacial score (nSPS) is 21.0. The molecule has 0 spiro atoms. The molecule has 0 atom stereocenters. The molecule has 33 heavy (non-hydrogen) atoms. The summed E-state index contributed by atoms with van der Waals surface area (Å²) in [6.45, 7) is 8.99. The van der Waals surface area contributed by atoms with Gasteiger partial charge in [0.25, 0.3) is 0 Å². The highest BCUT2D eigenvalue weighted by atomic mass is 35.5. The zero-order valence-electron chi connectivity index (χ0n) is 18.9. The minimum absolute atomic E-state index is 0.457. The zero-order valence-corrected chi connectivity index (χ0v) is 19.7. The molecule has 3 aromatic rings. The quantitative estimate of drug-likeness (QED) is 0.582. The van der Waals surface area contributed by atoms with Crippen LogP contribution in [0.5, 0.6) is 0 Å². The zero-order chi connectivity index (χ0) is 22.4. The second kappa shape index (κ2) is 8.83. The predicted molar refractivity (Wildman–Crippen MR) is 128 cm³/mol. The fraction of sp³-hybridized carbons (Fsp3) is 0.542. The maximum Gasteiger partial charge on any atom is 0.159 e. The van der Waals surface area contributed by atoms with Crippen LogP contribution in [0.3, 0.4) is 0 Å². The largest absolute Gasteiger partial charge is 0.378 e. The van der Waals surface area contributed by atoms with Crippen LogP contribution >= 0.6 is 11.6 Å². The van der Waals surface area contributed by atoms with Gasteiger partial charge >= 0.3 is 0 Å². The molecular formula is C24H29ClN6O2. The first-order chi connectivity index (χ1) is 16.2. The van der Waals surface area contributed by atoms with E-state index >= 15 is 0 Å². The number of hydrogen-bond acceptors (Lipinski definition) is 7. The Morgan fingerprint density at radius 1 is 0.939 bits per heavy atom. The number of piperidine rings is 1. The number of likely N-dealkylation sites (tertiary alicyclic amines) is 1. The number of hydrogen-bond donors (Lipinski definition) is 0. The fourth-order valence-corrected chi connectivity index (χ4v) is 5.49. The van der Waals surface area contributed by atoms with Crippen molar-refractivity contribution < 1.29 is 9.47 Å². The van der Waals surface area contributed by atoms with Crippen LogP contribution < -0.4 is 4.90 Å². The molecule has 5 heterocycles. The number of anilines is 1. The number of aryl methyl sites for hydroxylation is 1. The molecule has 0 bridgehead atoms. The smallest absolute Gasteiger partial charge is 0.159 e. The van der Waals surface area contributed by atoms with Gasteiger partial charge in [0.15, 0.2) is 5.82 Å². The second-order valence-electron chi connectivity index (χ2n) is 9.22. The van der Waals surface area contributed by atoms with Crippen LogP contribution in [0.2, 0.25) is 5.02 Å². The van der Waals surface area contributed by atoms with Crippen LogP contribution in [0.1, 0.15) is 30.1 Å². The molecule has 0 unspecified atom stereocenters. The van der Waals surface area contributed by atoms with E-state index in [0.29, 0.717) is 12.0 Å². The minimum atomic E-state index is 0.457. The van der Waals surface area contributed by atoms with Crippen molar-refractivity contribution in [2.24, 2.45) is 0 Å².